The van der Waals surface area contributed by atoms with Gasteiger partial charge in [0.05, 0.1) is 22.8 Å². The van der Waals surface area contributed by atoms with Crippen molar-refractivity contribution in [2.45, 2.75) is 118 Å². The minimum atomic E-state index is -6.00. The third kappa shape index (κ3) is 40.6. The monoisotopic (exact) mass is 1620 g/mol. The molecule has 8 aromatic rings. The van der Waals surface area contributed by atoms with E-state index in [4.69, 9.17) is 19.8 Å². The van der Waals surface area contributed by atoms with Gasteiger partial charge in [0, 0.05) is 91.7 Å². The van der Waals surface area contributed by atoms with Gasteiger partial charge in [-0.15, -0.1) is 24.3 Å². The first-order valence-corrected chi connectivity index (χ1v) is 26.4. The van der Waals surface area contributed by atoms with Gasteiger partial charge in [-0.25, -0.2) is 0 Å². The summed E-state index contributed by atoms with van der Waals surface area (Å²) < 4.78 is 78.0. The predicted octanol–water partition coefficient (Wildman–Crippen LogP) is 19.0. The fraction of sp³-hybridized carbons (Fsp3) is 0.265. The maximum Gasteiger partial charge on any atom is 0.673 e. The van der Waals surface area contributed by atoms with Gasteiger partial charge >= 0.3 is 26.4 Å². The van der Waals surface area contributed by atoms with Gasteiger partial charge in [0.1, 0.15) is 12.8 Å². The molecule has 0 spiro atoms. The molecule has 0 aliphatic heterocycles. The molecule has 502 valence electrons. The number of aromatic nitrogens is 6. The summed E-state index contributed by atoms with van der Waals surface area (Å²) in [5, 5.41) is 17.1. The molecule has 10 nitrogen and oxygen atoms in total. The molecular weight excluding hydrogens is 1530 g/mol. The molecule has 0 fully saturated rings. The third-order valence-corrected chi connectivity index (χ3v) is 11.5. The van der Waals surface area contributed by atoms with Gasteiger partial charge in [0.15, 0.2) is 0 Å². The number of pyridine rings is 6. The van der Waals surface area contributed by atoms with Crippen LogP contribution in [-0.4, -0.2) is 76.2 Å². The van der Waals surface area contributed by atoms with Crippen molar-refractivity contribution in [1.82, 2.24) is 29.9 Å². The Bertz CT molecular complexity index is 2910. The maximum atomic E-state index is 9.75. The minimum Gasteiger partial charge on any atom is -0.418 e. The number of benzene rings is 2. The zero-order valence-corrected chi connectivity index (χ0v) is 58.8. The first-order valence-electron chi connectivity index (χ1n) is 26.4. The predicted molar refractivity (Wildman–Crippen MR) is 352 cm³/mol. The zero-order chi connectivity index (χ0) is 63.7. The number of aliphatic carboxylic acids is 2. The number of aliphatic hydroxyl groups excluding tert-OH is 2. The van der Waals surface area contributed by atoms with Crippen molar-refractivity contribution in [1.29, 1.82) is 0 Å². The van der Waals surface area contributed by atoms with E-state index in [1.807, 2.05) is 97.6 Å². The van der Waals surface area contributed by atoms with Crippen LogP contribution in [0.25, 0.3) is 33.9 Å². The van der Waals surface area contributed by atoms with Crippen molar-refractivity contribution in [2.75, 3.05) is 0 Å². The normalized spacial score (nSPS) is 10.5. The Kier molecular flexibility index (Phi) is 42.9. The van der Waals surface area contributed by atoms with Crippen molar-refractivity contribution in [2.24, 2.45) is 0 Å². The molecule has 8 rings (SSSR count). The summed E-state index contributed by atoms with van der Waals surface area (Å²) in [5.41, 5.74) is 15.4. The van der Waals surface area contributed by atoms with E-state index in [1.54, 1.807) is 24.8 Å². The average molecular weight is 1620 g/mol. The molecule has 0 radical (unpaired) electrons. The average Bonchev–Trinajstić information content (AvgIpc) is 3.20. The number of hydrogen-bond donors (Lipinski definition) is 2. The quantitative estimate of drug-likeness (QED) is 0.0690. The summed E-state index contributed by atoms with van der Waals surface area (Å²) in [4.78, 5) is 42.9. The van der Waals surface area contributed by atoms with Gasteiger partial charge in [0.2, 0.25) is 0 Å². The first kappa shape index (κ1) is 91.7. The molecular formula is C68H88B2F8N6O4Pt2-6. The standard InChI is InChI=1S/2C18H24N2.C10H8N2.2C9H9O2.4CH3.2BF4.2Pt/c2*1-17(2,3)13-7-9-19-15(11-13)16-12-14(8-10-20-16)18(4,5)6;1-5-11-6-2-9(1)10-3-7-12-8-4-10;2*1-7-2-4-8(5-3-7)6-9(10)11;;;;;2*2-1(3,4)5;;/h2*7-12H,1-6H3;1-8H;2*2-5H,1,6H2,(H,10,11);4*1H3;;;;/q;;;8*-1;;/p+2. The van der Waals surface area contributed by atoms with E-state index in [2.05, 4.69) is 175 Å². The van der Waals surface area contributed by atoms with Crippen molar-refractivity contribution < 1.29 is 96.5 Å². The van der Waals surface area contributed by atoms with Crippen LogP contribution in [0.3, 0.4) is 0 Å². The Morgan fingerprint density at radius 2 is 0.556 bits per heavy atom. The Morgan fingerprint density at radius 3 is 0.722 bits per heavy atom. The van der Waals surface area contributed by atoms with Crippen LogP contribution < -0.4 is 0 Å². The molecule has 0 saturated carbocycles. The fourth-order valence-electron chi connectivity index (χ4n) is 6.92. The van der Waals surface area contributed by atoms with Crippen LogP contribution in [0, 0.1) is 43.6 Å². The van der Waals surface area contributed by atoms with Gasteiger partial charge in [-0.05, 0) is 128 Å². The number of halogens is 8. The van der Waals surface area contributed by atoms with Crippen LogP contribution in [0.15, 0.2) is 171 Å². The van der Waals surface area contributed by atoms with Crippen molar-refractivity contribution in [3.05, 3.63) is 259 Å². The molecule has 90 heavy (non-hydrogen) atoms. The molecule has 6 aromatic heterocycles. The van der Waals surface area contributed by atoms with Crippen LogP contribution in [0.1, 0.15) is 128 Å². The Labute approximate surface area is 559 Å². The summed E-state index contributed by atoms with van der Waals surface area (Å²) in [6, 6.07) is 39.4. The second-order valence-electron chi connectivity index (χ2n) is 23.0. The molecule has 0 unspecified atom stereocenters. The molecule has 0 bridgehead atoms. The van der Waals surface area contributed by atoms with Gasteiger partial charge in [0.25, 0.3) is 0 Å². The van der Waals surface area contributed by atoms with Crippen molar-refractivity contribution in [3.8, 4) is 33.9 Å². The molecule has 0 saturated heterocycles. The van der Waals surface area contributed by atoms with E-state index in [0.717, 1.165) is 45.0 Å². The fourth-order valence-corrected chi connectivity index (χ4v) is 6.92. The van der Waals surface area contributed by atoms with Gasteiger partial charge in [-0.1, -0.05) is 94.2 Å². The largest absolute Gasteiger partial charge is 0.673 e. The van der Waals surface area contributed by atoms with E-state index in [1.165, 1.54) is 33.4 Å². The molecule has 0 amide bonds. The summed E-state index contributed by atoms with van der Waals surface area (Å²) >= 11 is 0. The molecule has 6 heterocycles. The maximum absolute atomic E-state index is 9.75. The second kappa shape index (κ2) is 42.1. The van der Waals surface area contributed by atoms with Gasteiger partial charge in [-0.3, -0.25) is 29.9 Å². The molecule has 4 N–H and O–H groups in total. The number of nitrogens with zero attached hydrogens (tertiary/aromatic N) is 6. The minimum absolute atomic E-state index is 0. The van der Waals surface area contributed by atoms with Crippen LogP contribution in [-0.2, 0) is 76.6 Å². The topological polar surface area (TPSA) is 161 Å². The van der Waals surface area contributed by atoms with Gasteiger partial charge in [-0.2, -0.15) is 49.2 Å². The summed E-state index contributed by atoms with van der Waals surface area (Å²) in [6.45, 7) is 34.0. The zero-order valence-electron chi connectivity index (χ0n) is 54.3. The van der Waals surface area contributed by atoms with E-state index >= 15 is 0 Å². The Balaban J connectivity index is -0.000000323. The first-order chi connectivity index (χ1) is 38.7. The second-order valence-corrected chi connectivity index (χ2v) is 23.0. The van der Waals surface area contributed by atoms with E-state index in [9.17, 15) is 34.5 Å². The van der Waals surface area contributed by atoms with Crippen molar-refractivity contribution >= 4 is 26.4 Å². The summed E-state index contributed by atoms with van der Waals surface area (Å²) in [7, 11) is -12.0. The van der Waals surface area contributed by atoms with E-state index < -0.39 is 26.4 Å². The van der Waals surface area contributed by atoms with E-state index in [0.29, 0.717) is 0 Å². The molecule has 0 atom stereocenters. The number of hydrogen-bond acceptors (Lipinski definition) is 6. The van der Waals surface area contributed by atoms with Gasteiger partial charge < -0.3 is 84.0 Å². The Hall–Kier alpha value is -7.03. The number of carboxylic acid groups (broad SMARTS) is 2. The number of carboxylic acids is 2. The molecule has 0 aliphatic rings. The van der Waals surface area contributed by atoms with Crippen LogP contribution in [0.4, 0.5) is 34.5 Å². The third-order valence-electron chi connectivity index (χ3n) is 11.5. The van der Waals surface area contributed by atoms with Crippen LogP contribution >= 0.6 is 0 Å². The molecule has 22 heteroatoms. The van der Waals surface area contributed by atoms with Crippen LogP contribution in [0.5, 0.6) is 0 Å². The Morgan fingerprint density at radius 1 is 0.367 bits per heavy atom. The smallest absolute Gasteiger partial charge is 0.418 e. The molecule has 0 aliphatic carbocycles. The summed E-state index contributed by atoms with van der Waals surface area (Å²) in [6.07, 6.45) is 15.0. The summed E-state index contributed by atoms with van der Waals surface area (Å²) in [5.74, 6) is -1.11. The SMILES string of the molecule is CC(C)(C)c1ccnc(-c2cc(C(C)(C)C)ccn2)c1.CC(C)(C)c1ccnc(-c2cc(C(C)(C)C)ccn2)c1.F[B-](F)(F)F.F[B-](F)(F)F.[CH2-]c1ccc(CC(O)=[OH+])cc1.[CH2-]c1ccc(CC(O)=[OH+])cc1.[CH3-].[CH3-].[CH3-].[CH3-].[Pt].[Pt].c1cc(-c2ccncc2)ccn1. The van der Waals surface area contributed by atoms with E-state index in [-0.39, 0.29) is 106 Å². The molecule has 2 aromatic carbocycles. The number of rotatable bonds is 7. The van der Waals surface area contributed by atoms with Crippen LogP contribution in [0.2, 0.25) is 0 Å². The van der Waals surface area contributed by atoms with Crippen molar-refractivity contribution in [3.63, 3.8) is 0 Å².